The first-order valence-corrected chi connectivity index (χ1v) is 11.5. The van der Waals surface area contributed by atoms with Crippen LogP contribution in [0.15, 0.2) is 12.1 Å². The van der Waals surface area contributed by atoms with Crippen LogP contribution in [0, 0.1) is 5.92 Å². The summed E-state index contributed by atoms with van der Waals surface area (Å²) in [6.45, 7) is 2.16. The number of anilines is 1. The lowest BCUT2D eigenvalue weighted by Gasteiger charge is -2.23. The number of aryl methyl sites for hydroxylation is 2. The molecule has 0 spiro atoms. The Morgan fingerprint density at radius 3 is 2.73 bits per heavy atom. The van der Waals surface area contributed by atoms with E-state index in [1.54, 1.807) is 0 Å². The number of nitrogens with one attached hydrogen (secondary N) is 2. The molecule has 30 heavy (non-hydrogen) atoms. The van der Waals surface area contributed by atoms with Gasteiger partial charge in [-0.25, -0.2) is 9.78 Å². The maximum absolute atomic E-state index is 12.3. The summed E-state index contributed by atoms with van der Waals surface area (Å²) in [5.41, 5.74) is 2.46. The number of carbonyl (C=O) groups is 2. The van der Waals surface area contributed by atoms with Gasteiger partial charge in [0.1, 0.15) is 11.9 Å². The predicted octanol–water partition coefficient (Wildman–Crippen LogP) is 3.32. The van der Waals surface area contributed by atoms with Gasteiger partial charge in [0.15, 0.2) is 0 Å². The Hall–Kier alpha value is -2.15. The van der Waals surface area contributed by atoms with E-state index >= 15 is 0 Å². The van der Waals surface area contributed by atoms with Crippen LogP contribution in [0.4, 0.5) is 5.82 Å². The number of amides is 1. The fourth-order valence-corrected chi connectivity index (χ4v) is 4.20. The van der Waals surface area contributed by atoms with E-state index in [1.165, 1.54) is 12.0 Å². The smallest absolute Gasteiger partial charge is 0.326 e. The van der Waals surface area contributed by atoms with Gasteiger partial charge in [-0.2, -0.15) is 0 Å². The highest BCUT2D eigenvalue weighted by atomic mass is 16.5. The van der Waals surface area contributed by atoms with Gasteiger partial charge in [-0.1, -0.05) is 31.7 Å². The zero-order valence-corrected chi connectivity index (χ0v) is 17.8. The van der Waals surface area contributed by atoms with Crippen molar-refractivity contribution in [3.05, 3.63) is 23.4 Å². The second kappa shape index (κ2) is 11.9. The van der Waals surface area contributed by atoms with Crippen molar-refractivity contribution in [3.63, 3.8) is 0 Å². The number of hydrogen-bond acceptors (Lipinski definition) is 5. The van der Waals surface area contributed by atoms with Crippen molar-refractivity contribution >= 4 is 17.7 Å². The molecule has 0 aliphatic carbocycles. The molecule has 1 amide bonds. The lowest BCUT2D eigenvalue weighted by Crippen LogP contribution is -2.44. The average Bonchev–Trinajstić information content (AvgIpc) is 2.77. The summed E-state index contributed by atoms with van der Waals surface area (Å²) in [6.07, 6.45) is 10.2. The molecule has 166 valence electrons. The Kier molecular flexibility index (Phi) is 8.93. The number of aromatic nitrogens is 1. The van der Waals surface area contributed by atoms with E-state index in [1.807, 2.05) is 0 Å². The first kappa shape index (κ1) is 22.5. The zero-order valence-electron chi connectivity index (χ0n) is 17.8. The molecule has 0 radical (unpaired) electrons. The summed E-state index contributed by atoms with van der Waals surface area (Å²) in [4.78, 5) is 28.5. The summed E-state index contributed by atoms with van der Waals surface area (Å²) < 4.78 is 5.26. The number of ether oxygens (including phenoxy) is 1. The van der Waals surface area contributed by atoms with Gasteiger partial charge in [0.2, 0.25) is 5.91 Å². The summed E-state index contributed by atoms with van der Waals surface area (Å²) >= 11 is 0. The molecule has 2 aliphatic heterocycles. The molecule has 1 aromatic rings. The lowest BCUT2D eigenvalue weighted by molar-refractivity contribution is -0.143. The van der Waals surface area contributed by atoms with Gasteiger partial charge in [0.25, 0.3) is 0 Å². The van der Waals surface area contributed by atoms with Gasteiger partial charge >= 0.3 is 5.97 Å². The van der Waals surface area contributed by atoms with E-state index in [4.69, 9.17) is 9.72 Å². The maximum Gasteiger partial charge on any atom is 0.326 e. The first-order valence-electron chi connectivity index (χ1n) is 11.5. The first-order chi connectivity index (χ1) is 14.6. The van der Waals surface area contributed by atoms with Crippen LogP contribution in [0.2, 0.25) is 0 Å². The summed E-state index contributed by atoms with van der Waals surface area (Å²) in [5.74, 6) is -0.144. The topological polar surface area (TPSA) is 101 Å². The van der Waals surface area contributed by atoms with Crippen molar-refractivity contribution in [1.29, 1.82) is 0 Å². The molecule has 0 bridgehead atoms. The molecule has 3 heterocycles. The van der Waals surface area contributed by atoms with Crippen molar-refractivity contribution in [2.24, 2.45) is 5.92 Å². The van der Waals surface area contributed by atoms with Gasteiger partial charge in [-0.3, -0.25) is 4.79 Å². The van der Waals surface area contributed by atoms with E-state index in [0.29, 0.717) is 32.5 Å². The molecular weight excluding hydrogens is 382 g/mol. The highest BCUT2D eigenvalue weighted by molar-refractivity contribution is 5.85. The molecule has 0 saturated carbocycles. The third-order valence-corrected chi connectivity index (χ3v) is 6.08. The fraction of sp³-hybridized carbons (Fsp3) is 0.696. The number of pyridine rings is 1. The monoisotopic (exact) mass is 417 g/mol. The van der Waals surface area contributed by atoms with Crippen LogP contribution in [0.1, 0.15) is 69.0 Å². The van der Waals surface area contributed by atoms with Crippen LogP contribution in [-0.4, -0.2) is 47.8 Å². The Bertz CT molecular complexity index is 704. The summed E-state index contributed by atoms with van der Waals surface area (Å²) in [7, 11) is 0. The van der Waals surface area contributed by atoms with Gasteiger partial charge in [-0.15, -0.1) is 0 Å². The van der Waals surface area contributed by atoms with Crippen molar-refractivity contribution in [3.8, 4) is 0 Å². The molecule has 1 aromatic heterocycles. The normalized spacial score (nSPS) is 17.6. The summed E-state index contributed by atoms with van der Waals surface area (Å²) in [6, 6.07) is 3.56. The second-order valence-electron chi connectivity index (χ2n) is 8.43. The number of carbonyl (C=O) groups excluding carboxylic acids is 1. The number of carboxylic acids is 1. The van der Waals surface area contributed by atoms with E-state index in [9.17, 15) is 14.7 Å². The molecule has 0 aromatic carbocycles. The second-order valence-corrected chi connectivity index (χ2v) is 8.43. The highest BCUT2D eigenvalue weighted by Crippen LogP contribution is 2.21. The van der Waals surface area contributed by atoms with Crippen LogP contribution >= 0.6 is 0 Å². The van der Waals surface area contributed by atoms with Crippen LogP contribution < -0.4 is 10.6 Å². The van der Waals surface area contributed by atoms with Crippen molar-refractivity contribution in [2.45, 2.75) is 76.7 Å². The fourth-order valence-electron chi connectivity index (χ4n) is 4.20. The number of fused-ring (bicyclic) bond motifs is 1. The molecule has 3 rings (SSSR count). The third-order valence-electron chi connectivity index (χ3n) is 6.08. The van der Waals surface area contributed by atoms with E-state index < -0.39 is 12.0 Å². The number of aliphatic carboxylic acids is 1. The molecule has 7 nitrogen and oxygen atoms in total. The molecule has 1 unspecified atom stereocenters. The van der Waals surface area contributed by atoms with Crippen LogP contribution in [0.25, 0.3) is 0 Å². The van der Waals surface area contributed by atoms with E-state index in [0.717, 1.165) is 63.0 Å². The Balaban J connectivity index is 1.28. The number of rotatable bonds is 11. The maximum atomic E-state index is 12.3. The number of nitrogens with zero attached hydrogens (tertiary/aromatic N) is 1. The van der Waals surface area contributed by atoms with Crippen LogP contribution in [-0.2, 0) is 27.2 Å². The van der Waals surface area contributed by atoms with Gasteiger partial charge in [0.05, 0.1) is 0 Å². The van der Waals surface area contributed by atoms with Crippen molar-refractivity contribution in [2.75, 3.05) is 25.1 Å². The Labute approximate surface area is 179 Å². The largest absolute Gasteiger partial charge is 0.480 e. The number of carboxylic acid groups (broad SMARTS) is 1. The van der Waals surface area contributed by atoms with Gasteiger partial charge in [-0.05, 0) is 56.6 Å². The van der Waals surface area contributed by atoms with E-state index in [2.05, 4.69) is 22.8 Å². The Morgan fingerprint density at radius 1 is 1.17 bits per heavy atom. The standard InChI is InChI=1S/C23H35N3O4/c27-22(18-12-15-30-16-13-18)26-20(23(28)29)9-5-3-1-2-4-8-19-11-10-17-7-6-14-24-21(17)25-19/h10-11,18,20H,1-9,12-16H2,(H,24,25)(H,26,27)(H,28,29). The van der Waals surface area contributed by atoms with Crippen LogP contribution in [0.5, 0.6) is 0 Å². The quantitative estimate of drug-likeness (QED) is 0.478. The molecular formula is C23H35N3O4. The van der Waals surface area contributed by atoms with Crippen molar-refractivity contribution in [1.82, 2.24) is 10.3 Å². The summed E-state index contributed by atoms with van der Waals surface area (Å²) in [5, 5.41) is 15.5. The molecule has 2 aliphatic rings. The van der Waals surface area contributed by atoms with Gasteiger partial charge < -0.3 is 20.5 Å². The Morgan fingerprint density at radius 2 is 1.93 bits per heavy atom. The third kappa shape index (κ3) is 6.97. The zero-order chi connectivity index (χ0) is 21.2. The molecule has 1 fully saturated rings. The molecule has 3 N–H and O–H groups in total. The molecule has 1 saturated heterocycles. The number of unbranched alkanes of at least 4 members (excludes halogenated alkanes) is 4. The van der Waals surface area contributed by atoms with Crippen LogP contribution in [0.3, 0.4) is 0 Å². The molecule has 7 heteroatoms. The lowest BCUT2D eigenvalue weighted by atomic mass is 9.98. The SMILES string of the molecule is O=C(NC(CCCCCCCc1ccc2c(n1)NCCC2)C(=O)O)C1CCOCC1. The minimum atomic E-state index is -0.942. The highest BCUT2D eigenvalue weighted by Gasteiger charge is 2.26. The van der Waals surface area contributed by atoms with E-state index in [-0.39, 0.29) is 11.8 Å². The van der Waals surface area contributed by atoms with Gasteiger partial charge in [0, 0.05) is 31.4 Å². The minimum absolute atomic E-state index is 0.118. The molecule has 1 atom stereocenters. The van der Waals surface area contributed by atoms with Crippen molar-refractivity contribution < 1.29 is 19.4 Å². The number of hydrogen-bond donors (Lipinski definition) is 3. The predicted molar refractivity (Wildman–Crippen MR) is 116 cm³/mol. The minimum Gasteiger partial charge on any atom is -0.480 e. The average molecular weight is 418 g/mol.